The summed E-state index contributed by atoms with van der Waals surface area (Å²) in [6.45, 7) is 7.71. The van der Waals surface area contributed by atoms with Gasteiger partial charge in [0.1, 0.15) is 4.88 Å². The Hall–Kier alpha value is -1.73. The van der Waals surface area contributed by atoms with E-state index in [2.05, 4.69) is 31.7 Å². The van der Waals surface area contributed by atoms with Gasteiger partial charge in [0.05, 0.1) is 23.2 Å². The lowest BCUT2D eigenvalue weighted by Crippen LogP contribution is -2.47. The van der Waals surface area contributed by atoms with Gasteiger partial charge in [-0.05, 0) is 32.6 Å². The molecule has 128 valence electrons. The fourth-order valence-corrected chi connectivity index (χ4v) is 4.71. The predicted octanol–water partition coefficient (Wildman–Crippen LogP) is 2.22. The molecular weight excluding hydrogens is 322 g/mol. The number of H-pyrrole nitrogens is 1. The lowest BCUT2D eigenvalue weighted by Gasteiger charge is -2.36. The van der Waals surface area contributed by atoms with Crippen molar-refractivity contribution in [3.8, 4) is 0 Å². The molecule has 1 N–H and O–H groups in total. The third kappa shape index (κ3) is 2.86. The minimum absolute atomic E-state index is 0.169. The molecule has 3 saturated heterocycles. The second-order valence-electron chi connectivity index (χ2n) is 6.99. The highest BCUT2D eigenvalue weighted by Gasteiger charge is 2.38. The van der Waals surface area contributed by atoms with E-state index in [0.29, 0.717) is 12.0 Å². The van der Waals surface area contributed by atoms with E-state index < -0.39 is 0 Å². The number of nitrogens with zero attached hydrogens (tertiary/aromatic N) is 4. The number of piperidine rings is 1. The summed E-state index contributed by atoms with van der Waals surface area (Å²) >= 11 is 1.46. The maximum absolute atomic E-state index is 13.0. The largest absolute Gasteiger partial charge is 0.348 e. The molecule has 0 aliphatic carbocycles. The number of amides is 1. The number of imidazole rings is 1. The Morgan fingerprint density at radius 2 is 2.17 bits per heavy atom. The molecule has 7 heteroatoms. The van der Waals surface area contributed by atoms with Gasteiger partial charge >= 0.3 is 0 Å². The number of hydrogen-bond acceptors (Lipinski definition) is 5. The molecular formula is C17H23N5OS. The molecule has 0 aromatic carbocycles. The van der Waals surface area contributed by atoms with Crippen molar-refractivity contribution < 1.29 is 4.79 Å². The van der Waals surface area contributed by atoms with Crippen molar-refractivity contribution in [1.29, 1.82) is 0 Å². The van der Waals surface area contributed by atoms with Gasteiger partial charge < -0.3 is 9.88 Å². The third-order valence-corrected chi connectivity index (χ3v) is 6.21. The number of aromatic nitrogens is 3. The molecule has 3 aliphatic heterocycles. The highest BCUT2D eigenvalue weighted by atomic mass is 32.1. The van der Waals surface area contributed by atoms with Gasteiger partial charge in [-0.2, -0.15) is 0 Å². The molecule has 0 unspecified atom stereocenters. The number of carbonyl (C=O) groups excluding carboxylic acids is 1. The van der Waals surface area contributed by atoms with Gasteiger partial charge in [0.15, 0.2) is 0 Å². The Labute approximate surface area is 145 Å². The average Bonchev–Trinajstić information content (AvgIpc) is 3.05. The fraction of sp³-hybridized carbons (Fsp3) is 0.588. The summed E-state index contributed by atoms with van der Waals surface area (Å²) in [7, 11) is 0. The monoisotopic (exact) mass is 345 g/mol. The molecule has 0 radical (unpaired) electrons. The summed E-state index contributed by atoms with van der Waals surface area (Å²) in [5, 5.41) is 0. The number of fused-ring (bicyclic) bond motifs is 4. The number of hydrogen-bond donors (Lipinski definition) is 1. The van der Waals surface area contributed by atoms with Crippen LogP contribution in [0.25, 0.3) is 0 Å². The number of thiazole rings is 1. The second-order valence-corrected chi connectivity index (χ2v) is 7.84. The molecule has 0 saturated carbocycles. The van der Waals surface area contributed by atoms with Crippen LogP contribution in [-0.2, 0) is 6.54 Å². The summed E-state index contributed by atoms with van der Waals surface area (Å²) in [4.78, 5) is 30.2. The van der Waals surface area contributed by atoms with Crippen molar-refractivity contribution in [3.05, 3.63) is 33.8 Å². The van der Waals surface area contributed by atoms with E-state index in [9.17, 15) is 4.79 Å². The van der Waals surface area contributed by atoms with Gasteiger partial charge in [0.2, 0.25) is 0 Å². The van der Waals surface area contributed by atoms with E-state index in [0.717, 1.165) is 54.6 Å². The van der Waals surface area contributed by atoms with Crippen LogP contribution < -0.4 is 0 Å². The second kappa shape index (κ2) is 6.29. The molecule has 5 rings (SSSR count). The summed E-state index contributed by atoms with van der Waals surface area (Å²) in [5.41, 5.74) is 4.88. The minimum Gasteiger partial charge on any atom is -0.348 e. The van der Waals surface area contributed by atoms with Crippen LogP contribution in [0.5, 0.6) is 0 Å². The van der Waals surface area contributed by atoms with Gasteiger partial charge in [-0.1, -0.05) is 0 Å². The maximum atomic E-state index is 13.0. The van der Waals surface area contributed by atoms with Crippen LogP contribution in [0.1, 0.15) is 39.6 Å². The molecule has 5 heterocycles. The molecule has 3 fully saturated rings. The van der Waals surface area contributed by atoms with Gasteiger partial charge in [-0.25, -0.2) is 9.97 Å². The number of aryl methyl sites for hydroxylation is 2. The van der Waals surface area contributed by atoms with Crippen molar-refractivity contribution in [1.82, 2.24) is 24.8 Å². The van der Waals surface area contributed by atoms with Crippen molar-refractivity contribution in [2.45, 2.75) is 39.3 Å². The Bertz CT molecular complexity index is 739. The van der Waals surface area contributed by atoms with Crippen LogP contribution in [0.3, 0.4) is 0 Å². The molecule has 1 amide bonds. The first kappa shape index (κ1) is 15.8. The van der Waals surface area contributed by atoms with E-state index in [1.807, 2.05) is 6.92 Å². The SMILES string of the molecule is Cc1ncsc1C(=O)N1C[C@H]2CC[C@@H]1CN(Cc1nc[nH]c1C)C2. The highest BCUT2D eigenvalue weighted by molar-refractivity contribution is 7.11. The van der Waals surface area contributed by atoms with E-state index in [1.54, 1.807) is 11.8 Å². The molecule has 0 spiro atoms. The maximum Gasteiger partial charge on any atom is 0.266 e. The number of carbonyl (C=O) groups is 1. The smallest absolute Gasteiger partial charge is 0.266 e. The molecule has 2 atom stereocenters. The number of aromatic amines is 1. The highest BCUT2D eigenvalue weighted by Crippen LogP contribution is 2.31. The van der Waals surface area contributed by atoms with Crippen LogP contribution in [0.15, 0.2) is 11.8 Å². The third-order valence-electron chi connectivity index (χ3n) is 5.30. The average molecular weight is 345 g/mol. The molecule has 2 aromatic heterocycles. The summed E-state index contributed by atoms with van der Waals surface area (Å²) in [6, 6.07) is 0.303. The normalized spacial score (nSPS) is 24.3. The lowest BCUT2D eigenvalue weighted by atomic mass is 9.95. The summed E-state index contributed by atoms with van der Waals surface area (Å²) < 4.78 is 0. The van der Waals surface area contributed by atoms with Crippen LogP contribution in [0.2, 0.25) is 0 Å². The quantitative estimate of drug-likeness (QED) is 0.926. The van der Waals surface area contributed by atoms with Gasteiger partial charge in [0.25, 0.3) is 5.91 Å². The minimum atomic E-state index is 0.169. The zero-order chi connectivity index (χ0) is 16.7. The summed E-state index contributed by atoms with van der Waals surface area (Å²) in [5.74, 6) is 0.725. The Balaban J connectivity index is 1.51. The predicted molar refractivity (Wildman–Crippen MR) is 93.0 cm³/mol. The van der Waals surface area contributed by atoms with Crippen molar-refractivity contribution in [2.24, 2.45) is 5.92 Å². The van der Waals surface area contributed by atoms with E-state index in [-0.39, 0.29) is 5.91 Å². The van der Waals surface area contributed by atoms with E-state index in [1.165, 1.54) is 17.8 Å². The fourth-order valence-electron chi connectivity index (χ4n) is 3.95. The first-order chi connectivity index (χ1) is 11.6. The van der Waals surface area contributed by atoms with E-state index in [4.69, 9.17) is 0 Å². The lowest BCUT2D eigenvalue weighted by molar-refractivity contribution is 0.0589. The van der Waals surface area contributed by atoms with Crippen LogP contribution in [-0.4, -0.2) is 56.3 Å². The Morgan fingerprint density at radius 1 is 1.29 bits per heavy atom. The molecule has 6 nitrogen and oxygen atoms in total. The van der Waals surface area contributed by atoms with Gasteiger partial charge in [0, 0.05) is 37.9 Å². The van der Waals surface area contributed by atoms with Crippen molar-refractivity contribution in [3.63, 3.8) is 0 Å². The summed E-state index contributed by atoms with van der Waals surface area (Å²) in [6.07, 6.45) is 4.08. The topological polar surface area (TPSA) is 65.1 Å². The molecule has 3 aliphatic rings. The van der Waals surface area contributed by atoms with Crippen LogP contribution >= 0.6 is 11.3 Å². The molecule has 2 aromatic rings. The number of rotatable bonds is 3. The Kier molecular flexibility index (Phi) is 4.14. The first-order valence-electron chi connectivity index (χ1n) is 8.54. The Morgan fingerprint density at radius 3 is 2.88 bits per heavy atom. The molecule has 24 heavy (non-hydrogen) atoms. The first-order valence-corrected chi connectivity index (χ1v) is 9.42. The van der Waals surface area contributed by atoms with E-state index >= 15 is 0 Å². The van der Waals surface area contributed by atoms with Crippen LogP contribution in [0.4, 0.5) is 0 Å². The zero-order valence-corrected chi connectivity index (χ0v) is 15.0. The van der Waals surface area contributed by atoms with Gasteiger partial charge in [-0.15, -0.1) is 11.3 Å². The van der Waals surface area contributed by atoms with Crippen molar-refractivity contribution >= 4 is 17.2 Å². The van der Waals surface area contributed by atoms with Crippen LogP contribution in [0, 0.1) is 19.8 Å². The standard InChI is InChI=1S/C17H23N5OS/c1-11-15(19-9-18-11)8-21-5-13-3-4-14(7-21)22(6-13)17(23)16-12(2)20-10-24-16/h9-10,13-14H,3-8H2,1-2H3,(H,18,19)/t13-,14+/m0/s1. The molecule has 2 bridgehead atoms. The number of nitrogens with one attached hydrogen (secondary N) is 1. The zero-order valence-electron chi connectivity index (χ0n) is 14.2. The van der Waals surface area contributed by atoms with Crippen molar-refractivity contribution in [2.75, 3.05) is 19.6 Å². The van der Waals surface area contributed by atoms with Gasteiger partial charge in [-0.3, -0.25) is 9.69 Å².